The van der Waals surface area contributed by atoms with Crippen LogP contribution >= 0.6 is 0 Å². The standard InChI is InChI=1S/C9H13NO/c1-3-8-4-9(7(2)11)6-10-5-8/h4-7,11H,3H2,1-2H3. The molecule has 0 fully saturated rings. The number of aliphatic hydroxyl groups is 1. The number of hydrogen-bond donors (Lipinski definition) is 1. The van der Waals surface area contributed by atoms with Crippen LogP contribution in [0.5, 0.6) is 0 Å². The number of aromatic nitrogens is 1. The topological polar surface area (TPSA) is 33.1 Å². The molecule has 2 nitrogen and oxygen atoms in total. The number of hydrogen-bond acceptors (Lipinski definition) is 2. The summed E-state index contributed by atoms with van der Waals surface area (Å²) < 4.78 is 0. The van der Waals surface area contributed by atoms with E-state index in [9.17, 15) is 5.11 Å². The Hall–Kier alpha value is -0.890. The fraction of sp³-hybridized carbons (Fsp3) is 0.444. The van der Waals surface area contributed by atoms with Gasteiger partial charge < -0.3 is 5.11 Å². The van der Waals surface area contributed by atoms with Crippen LogP contribution in [0.15, 0.2) is 18.5 Å². The highest BCUT2D eigenvalue weighted by molar-refractivity contribution is 5.19. The largest absolute Gasteiger partial charge is 0.389 e. The van der Waals surface area contributed by atoms with Crippen LogP contribution in [-0.2, 0) is 6.42 Å². The highest BCUT2D eigenvalue weighted by Gasteiger charge is 2.00. The van der Waals surface area contributed by atoms with E-state index in [0.29, 0.717) is 0 Å². The van der Waals surface area contributed by atoms with Gasteiger partial charge in [0, 0.05) is 12.4 Å². The van der Waals surface area contributed by atoms with E-state index < -0.39 is 6.10 Å². The van der Waals surface area contributed by atoms with Crippen molar-refractivity contribution in [3.8, 4) is 0 Å². The smallest absolute Gasteiger partial charge is 0.0776 e. The minimum Gasteiger partial charge on any atom is -0.389 e. The Labute approximate surface area is 66.9 Å². The summed E-state index contributed by atoms with van der Waals surface area (Å²) in [5.41, 5.74) is 2.06. The molecule has 0 aliphatic carbocycles. The summed E-state index contributed by atoms with van der Waals surface area (Å²) >= 11 is 0. The third-order valence-corrected chi connectivity index (χ3v) is 1.71. The van der Waals surface area contributed by atoms with E-state index >= 15 is 0 Å². The first kappa shape index (κ1) is 8.21. The Morgan fingerprint density at radius 1 is 1.55 bits per heavy atom. The second kappa shape index (κ2) is 3.49. The first-order valence-corrected chi connectivity index (χ1v) is 3.86. The molecule has 0 aliphatic rings. The Kier molecular flexibility index (Phi) is 2.60. The van der Waals surface area contributed by atoms with E-state index in [4.69, 9.17) is 0 Å². The van der Waals surface area contributed by atoms with Gasteiger partial charge in [-0.1, -0.05) is 13.0 Å². The normalized spacial score (nSPS) is 13.0. The highest BCUT2D eigenvalue weighted by Crippen LogP contribution is 2.11. The average Bonchev–Trinajstić information content (AvgIpc) is 2.05. The van der Waals surface area contributed by atoms with Crippen molar-refractivity contribution in [2.24, 2.45) is 0 Å². The second-order valence-corrected chi connectivity index (χ2v) is 2.66. The predicted molar refractivity (Wildman–Crippen MR) is 44.2 cm³/mol. The van der Waals surface area contributed by atoms with E-state index in [-0.39, 0.29) is 0 Å². The Bertz CT molecular complexity index is 233. The van der Waals surface area contributed by atoms with Crippen molar-refractivity contribution in [1.82, 2.24) is 4.98 Å². The van der Waals surface area contributed by atoms with E-state index in [2.05, 4.69) is 11.9 Å². The zero-order chi connectivity index (χ0) is 8.27. The van der Waals surface area contributed by atoms with Crippen LogP contribution in [-0.4, -0.2) is 10.1 Å². The summed E-state index contributed by atoms with van der Waals surface area (Å²) in [6, 6.07) is 1.98. The third-order valence-electron chi connectivity index (χ3n) is 1.71. The van der Waals surface area contributed by atoms with E-state index in [1.54, 1.807) is 13.1 Å². The molecule has 0 saturated carbocycles. The molecule has 0 spiro atoms. The summed E-state index contributed by atoms with van der Waals surface area (Å²) in [5, 5.41) is 9.20. The van der Waals surface area contributed by atoms with Gasteiger partial charge in [-0.15, -0.1) is 0 Å². The molecule has 1 rings (SSSR count). The van der Waals surface area contributed by atoms with Crippen molar-refractivity contribution in [2.45, 2.75) is 26.4 Å². The predicted octanol–water partition coefficient (Wildman–Crippen LogP) is 1.70. The zero-order valence-corrected chi connectivity index (χ0v) is 6.91. The lowest BCUT2D eigenvalue weighted by Gasteiger charge is -2.04. The van der Waals surface area contributed by atoms with Crippen molar-refractivity contribution in [3.05, 3.63) is 29.6 Å². The first-order valence-electron chi connectivity index (χ1n) is 3.86. The Morgan fingerprint density at radius 3 is 2.82 bits per heavy atom. The van der Waals surface area contributed by atoms with Crippen LogP contribution in [0, 0.1) is 0 Å². The van der Waals surface area contributed by atoms with Crippen molar-refractivity contribution >= 4 is 0 Å². The van der Waals surface area contributed by atoms with E-state index in [1.807, 2.05) is 12.3 Å². The molecule has 1 atom stereocenters. The van der Waals surface area contributed by atoms with Crippen LogP contribution in [0.4, 0.5) is 0 Å². The van der Waals surface area contributed by atoms with Crippen molar-refractivity contribution in [3.63, 3.8) is 0 Å². The lowest BCUT2D eigenvalue weighted by Crippen LogP contribution is -1.93. The number of pyridine rings is 1. The van der Waals surface area contributed by atoms with E-state index in [1.165, 1.54) is 5.56 Å². The second-order valence-electron chi connectivity index (χ2n) is 2.66. The number of rotatable bonds is 2. The van der Waals surface area contributed by atoms with Gasteiger partial charge in [-0.3, -0.25) is 4.98 Å². The molecule has 0 radical (unpaired) electrons. The Balaban J connectivity index is 2.91. The van der Waals surface area contributed by atoms with Gasteiger partial charge in [0.05, 0.1) is 6.10 Å². The number of aliphatic hydroxyl groups excluding tert-OH is 1. The maximum absolute atomic E-state index is 9.20. The van der Waals surface area contributed by atoms with Crippen molar-refractivity contribution < 1.29 is 5.11 Å². The molecule has 60 valence electrons. The van der Waals surface area contributed by atoms with Gasteiger partial charge in [-0.25, -0.2) is 0 Å². The molecule has 1 heterocycles. The van der Waals surface area contributed by atoms with Crippen LogP contribution in [0.3, 0.4) is 0 Å². The SMILES string of the molecule is CCc1cncc(C(C)O)c1. The molecule has 0 bridgehead atoms. The van der Waals surface area contributed by atoms with Crippen LogP contribution in [0.2, 0.25) is 0 Å². The van der Waals surface area contributed by atoms with Crippen molar-refractivity contribution in [1.29, 1.82) is 0 Å². The molecule has 1 aromatic heterocycles. The molecule has 0 aromatic carbocycles. The van der Waals surface area contributed by atoms with Crippen LogP contribution in [0.25, 0.3) is 0 Å². The molecule has 0 amide bonds. The maximum atomic E-state index is 9.20. The van der Waals surface area contributed by atoms with Gasteiger partial charge in [-0.05, 0) is 24.5 Å². The number of nitrogens with zero attached hydrogens (tertiary/aromatic N) is 1. The summed E-state index contributed by atoms with van der Waals surface area (Å²) in [5.74, 6) is 0. The van der Waals surface area contributed by atoms with Gasteiger partial charge in [0.15, 0.2) is 0 Å². The molecule has 0 aliphatic heterocycles. The lowest BCUT2D eigenvalue weighted by molar-refractivity contribution is 0.199. The Morgan fingerprint density at radius 2 is 2.27 bits per heavy atom. The van der Waals surface area contributed by atoms with Crippen molar-refractivity contribution in [2.75, 3.05) is 0 Å². The highest BCUT2D eigenvalue weighted by atomic mass is 16.3. The van der Waals surface area contributed by atoms with Crippen LogP contribution in [0.1, 0.15) is 31.1 Å². The molecule has 1 unspecified atom stereocenters. The summed E-state index contributed by atoms with van der Waals surface area (Å²) in [6.45, 7) is 3.82. The molecular weight excluding hydrogens is 138 g/mol. The van der Waals surface area contributed by atoms with Gasteiger partial charge in [0.2, 0.25) is 0 Å². The maximum Gasteiger partial charge on any atom is 0.0776 e. The van der Waals surface area contributed by atoms with Gasteiger partial charge in [0.1, 0.15) is 0 Å². The molecule has 1 aromatic rings. The quantitative estimate of drug-likeness (QED) is 0.697. The minimum atomic E-state index is -0.408. The summed E-state index contributed by atoms with van der Waals surface area (Å²) in [4.78, 5) is 4.02. The van der Waals surface area contributed by atoms with Gasteiger partial charge in [0.25, 0.3) is 0 Å². The van der Waals surface area contributed by atoms with Gasteiger partial charge >= 0.3 is 0 Å². The lowest BCUT2D eigenvalue weighted by atomic mass is 10.1. The zero-order valence-electron chi connectivity index (χ0n) is 6.91. The average molecular weight is 151 g/mol. The molecule has 1 N–H and O–H groups in total. The molecular formula is C9H13NO. The first-order chi connectivity index (χ1) is 5.24. The molecule has 0 saturated heterocycles. The van der Waals surface area contributed by atoms with E-state index in [0.717, 1.165) is 12.0 Å². The van der Waals surface area contributed by atoms with Gasteiger partial charge in [-0.2, -0.15) is 0 Å². The fourth-order valence-corrected chi connectivity index (χ4v) is 0.930. The number of aryl methyl sites for hydroxylation is 1. The molecule has 2 heteroatoms. The molecule has 11 heavy (non-hydrogen) atoms. The minimum absolute atomic E-state index is 0.408. The summed E-state index contributed by atoms with van der Waals surface area (Å²) in [6.07, 6.45) is 4.08. The summed E-state index contributed by atoms with van der Waals surface area (Å²) in [7, 11) is 0. The van der Waals surface area contributed by atoms with Crippen LogP contribution < -0.4 is 0 Å². The third kappa shape index (κ3) is 2.02. The fourth-order valence-electron chi connectivity index (χ4n) is 0.930. The monoisotopic (exact) mass is 151 g/mol.